The monoisotopic (exact) mass is 540 g/mol. The van der Waals surface area contributed by atoms with E-state index in [1.807, 2.05) is 58.2 Å². The topological polar surface area (TPSA) is 86.5 Å². The quantitative estimate of drug-likeness (QED) is 0.452. The van der Waals surface area contributed by atoms with E-state index in [0.29, 0.717) is 38.2 Å². The lowest BCUT2D eigenvalue weighted by Gasteiger charge is -2.36. The average Bonchev–Trinajstić information content (AvgIpc) is 3.37. The van der Waals surface area contributed by atoms with Crippen LogP contribution in [-0.2, 0) is 23.2 Å². The molecule has 0 bridgehead atoms. The Morgan fingerprint density at radius 1 is 1.15 bits per heavy atom. The van der Waals surface area contributed by atoms with Crippen LogP contribution < -0.4 is 10.2 Å². The number of nitrogens with one attached hydrogen (secondary N) is 1. The number of anilines is 3. The van der Waals surface area contributed by atoms with Crippen LogP contribution in [0.25, 0.3) is 0 Å². The number of nitrogens with zero attached hydrogens (tertiary/aromatic N) is 5. The number of pyridine rings is 1. The molecule has 1 aromatic carbocycles. The van der Waals surface area contributed by atoms with Gasteiger partial charge in [0.15, 0.2) is 5.82 Å². The zero-order valence-corrected chi connectivity index (χ0v) is 21.7. The molecule has 39 heavy (non-hydrogen) atoms. The van der Waals surface area contributed by atoms with Crippen molar-refractivity contribution in [1.29, 1.82) is 0 Å². The molecule has 0 spiro atoms. The Bertz CT molecular complexity index is 1340. The van der Waals surface area contributed by atoms with Crippen molar-refractivity contribution >= 4 is 23.1 Å². The van der Waals surface area contributed by atoms with Crippen molar-refractivity contribution in [3.05, 3.63) is 78.3 Å². The molecule has 2 N–H and O–H groups in total. The van der Waals surface area contributed by atoms with E-state index in [1.54, 1.807) is 13.0 Å². The molecule has 1 amide bonds. The predicted molar refractivity (Wildman–Crippen MR) is 142 cm³/mol. The van der Waals surface area contributed by atoms with Crippen LogP contribution in [0.4, 0.5) is 30.4 Å². The Labute approximate surface area is 224 Å². The number of fused-ring (bicyclic) bond motifs is 1. The number of allylic oxidation sites excluding steroid dienone is 1. The van der Waals surface area contributed by atoms with Crippen LogP contribution in [0.15, 0.2) is 61.3 Å². The average molecular weight is 541 g/mol. The number of alkyl halides is 3. The van der Waals surface area contributed by atoms with Crippen molar-refractivity contribution in [3.8, 4) is 0 Å². The third-order valence-electron chi connectivity index (χ3n) is 7.29. The van der Waals surface area contributed by atoms with E-state index in [2.05, 4.69) is 16.9 Å². The second kappa shape index (κ2) is 10.4. The molecule has 2 unspecified atom stereocenters. The molecule has 0 radical (unpaired) electrons. The van der Waals surface area contributed by atoms with E-state index in [-0.39, 0.29) is 19.1 Å². The molecule has 1 aliphatic carbocycles. The summed E-state index contributed by atoms with van der Waals surface area (Å²) in [6, 6.07) is 13.4. The maximum absolute atomic E-state index is 12.7. The summed E-state index contributed by atoms with van der Waals surface area (Å²) in [6.07, 6.45) is 0.707. The van der Waals surface area contributed by atoms with Crippen LogP contribution in [0.1, 0.15) is 36.3 Å². The van der Waals surface area contributed by atoms with Crippen molar-refractivity contribution in [2.75, 3.05) is 36.4 Å². The molecule has 1 aliphatic heterocycles. The lowest BCUT2D eigenvalue weighted by Crippen LogP contribution is -2.52. The molecule has 2 atom stereocenters. The zero-order chi connectivity index (χ0) is 27.8. The number of hydrogen-bond donors (Lipinski definition) is 2. The van der Waals surface area contributed by atoms with Gasteiger partial charge >= 0.3 is 12.1 Å². The summed E-state index contributed by atoms with van der Waals surface area (Å²) in [5, 5.41) is 19.2. The second-order valence-electron chi connectivity index (χ2n) is 10.3. The smallest absolute Gasteiger partial charge is 0.384 e. The lowest BCUT2D eigenvalue weighted by molar-refractivity contribution is -0.185. The van der Waals surface area contributed by atoms with Crippen LogP contribution in [0.2, 0.25) is 0 Å². The fourth-order valence-electron chi connectivity index (χ4n) is 5.35. The number of aliphatic hydroxyl groups is 1. The van der Waals surface area contributed by atoms with Gasteiger partial charge in [-0.25, -0.2) is 0 Å². The summed E-state index contributed by atoms with van der Waals surface area (Å²) in [7, 11) is 0. The first-order valence-corrected chi connectivity index (χ1v) is 12.9. The van der Waals surface area contributed by atoms with Crippen LogP contribution in [0.3, 0.4) is 0 Å². The highest BCUT2D eigenvalue weighted by Gasteiger charge is 2.43. The van der Waals surface area contributed by atoms with Gasteiger partial charge in [-0.3, -0.25) is 14.5 Å². The Morgan fingerprint density at radius 3 is 2.54 bits per heavy atom. The van der Waals surface area contributed by atoms with Gasteiger partial charge in [0.05, 0.1) is 11.7 Å². The van der Waals surface area contributed by atoms with Crippen LogP contribution >= 0.6 is 0 Å². The Morgan fingerprint density at radius 2 is 1.87 bits per heavy atom. The number of amides is 1. The molecule has 1 saturated heterocycles. The molecule has 2 aromatic heterocycles. The molecule has 2 aliphatic rings. The van der Waals surface area contributed by atoms with Crippen molar-refractivity contribution in [3.63, 3.8) is 0 Å². The largest absolute Gasteiger partial charge is 0.471 e. The Kier molecular flexibility index (Phi) is 7.11. The van der Waals surface area contributed by atoms with Gasteiger partial charge in [0.1, 0.15) is 5.60 Å². The highest BCUT2D eigenvalue weighted by Crippen LogP contribution is 2.39. The number of aromatic nitrogens is 3. The molecule has 1 fully saturated rings. The molecular weight excluding hydrogens is 509 g/mol. The molecule has 206 valence electrons. The van der Waals surface area contributed by atoms with E-state index in [9.17, 15) is 23.1 Å². The number of hydrogen-bond acceptors (Lipinski definition) is 6. The third-order valence-corrected chi connectivity index (χ3v) is 7.29. The number of carbonyl (C=O) groups is 1. The number of carbonyl (C=O) groups excluding carboxylic acids is 1. The normalized spacial score (nSPS) is 21.4. The Balaban J connectivity index is 1.20. The summed E-state index contributed by atoms with van der Waals surface area (Å²) in [4.78, 5) is 18.9. The minimum atomic E-state index is -4.84. The molecule has 8 nitrogen and oxygen atoms in total. The van der Waals surface area contributed by atoms with E-state index < -0.39 is 17.7 Å². The Hall–Kier alpha value is -3.86. The molecule has 3 heterocycles. The minimum Gasteiger partial charge on any atom is -0.384 e. The zero-order valence-electron chi connectivity index (χ0n) is 21.7. The van der Waals surface area contributed by atoms with E-state index in [1.165, 1.54) is 0 Å². The second-order valence-corrected chi connectivity index (χ2v) is 10.3. The van der Waals surface area contributed by atoms with Gasteiger partial charge < -0.3 is 20.2 Å². The maximum atomic E-state index is 12.7. The van der Waals surface area contributed by atoms with Crippen molar-refractivity contribution in [2.45, 2.75) is 44.0 Å². The summed E-state index contributed by atoms with van der Waals surface area (Å²) in [6.45, 7) is 6.28. The van der Waals surface area contributed by atoms with Crippen molar-refractivity contribution < 1.29 is 23.1 Å². The first-order chi connectivity index (χ1) is 18.5. The van der Waals surface area contributed by atoms with E-state index in [0.717, 1.165) is 33.2 Å². The first kappa shape index (κ1) is 26.7. The summed E-state index contributed by atoms with van der Waals surface area (Å²) < 4.78 is 39.9. The van der Waals surface area contributed by atoms with Gasteiger partial charge in [0.25, 0.3) is 0 Å². The highest BCUT2D eigenvalue weighted by molar-refractivity contribution is 5.82. The molecular formula is C28H31F3N6O2. The number of piperazine rings is 1. The van der Waals surface area contributed by atoms with Crippen LogP contribution in [0, 0.1) is 0 Å². The minimum absolute atomic E-state index is 0.0274. The maximum Gasteiger partial charge on any atom is 0.471 e. The van der Waals surface area contributed by atoms with Crippen molar-refractivity contribution in [2.24, 2.45) is 0 Å². The predicted octanol–water partition coefficient (Wildman–Crippen LogP) is 4.36. The number of rotatable bonds is 6. The van der Waals surface area contributed by atoms with Gasteiger partial charge in [-0.15, -0.1) is 6.58 Å². The van der Waals surface area contributed by atoms with E-state index >= 15 is 0 Å². The van der Waals surface area contributed by atoms with Gasteiger partial charge in [0, 0.05) is 68.4 Å². The summed E-state index contributed by atoms with van der Waals surface area (Å²) in [5.74, 6) is -1.12. The van der Waals surface area contributed by atoms with E-state index in [4.69, 9.17) is 5.10 Å². The van der Waals surface area contributed by atoms with Gasteiger partial charge in [-0.05, 0) is 49.2 Å². The van der Waals surface area contributed by atoms with Crippen LogP contribution in [-0.4, -0.2) is 63.0 Å². The van der Waals surface area contributed by atoms with Gasteiger partial charge in [-0.2, -0.15) is 18.3 Å². The van der Waals surface area contributed by atoms with Gasteiger partial charge in [-0.1, -0.05) is 12.1 Å². The number of halogens is 3. The SMILES string of the molecule is C=CCc1ccc2c(n1)C(C)(O)CC(n1ccc(Nc3ccc(N4CCN(C(=O)C(F)(F)F)CC4)cc3)n1)C2. The summed E-state index contributed by atoms with van der Waals surface area (Å²) in [5.41, 5.74) is 3.23. The standard InChI is InChI=1S/C28H31F3N6O2/c1-3-4-20-6-5-19-17-23(18-27(2,39)25(19)33-20)37-12-11-24(34-37)32-21-7-9-22(10-8-21)35-13-15-36(16-14-35)26(38)28(29,30)31/h3,5-12,23,39H,1,4,13-18H2,2H3,(H,32,34). The van der Waals surface area contributed by atoms with Gasteiger partial charge in [0.2, 0.25) is 0 Å². The fourth-order valence-corrected chi connectivity index (χ4v) is 5.35. The van der Waals surface area contributed by atoms with Crippen LogP contribution in [0.5, 0.6) is 0 Å². The number of benzene rings is 1. The first-order valence-electron chi connectivity index (χ1n) is 12.9. The van der Waals surface area contributed by atoms with Crippen molar-refractivity contribution in [1.82, 2.24) is 19.7 Å². The third kappa shape index (κ3) is 5.78. The fraction of sp³-hybridized carbons (Fsp3) is 0.393. The molecule has 5 rings (SSSR count). The summed E-state index contributed by atoms with van der Waals surface area (Å²) >= 11 is 0. The highest BCUT2D eigenvalue weighted by atomic mass is 19.4. The molecule has 0 saturated carbocycles. The molecule has 3 aromatic rings. The lowest BCUT2D eigenvalue weighted by atomic mass is 9.81. The molecule has 11 heteroatoms.